The molecule has 0 aromatic carbocycles. The van der Waals surface area contributed by atoms with Crippen LogP contribution in [0.15, 0.2) is 0 Å². The Morgan fingerprint density at radius 2 is 1.74 bits per heavy atom. The smallest absolute Gasteiger partial charge is 0.306 e. The van der Waals surface area contributed by atoms with Crippen molar-refractivity contribution < 1.29 is 19.0 Å². The molecule has 0 rings (SSSR count). The minimum Gasteiger partial charge on any atom is -0.469 e. The minimum absolute atomic E-state index is 0.178. The molecule has 0 saturated carbocycles. The summed E-state index contributed by atoms with van der Waals surface area (Å²) in [6.45, 7) is 8.83. The van der Waals surface area contributed by atoms with Gasteiger partial charge in [0.05, 0.1) is 26.7 Å². The molecule has 5 nitrogen and oxygen atoms in total. The van der Waals surface area contributed by atoms with Crippen LogP contribution in [0.1, 0.15) is 26.7 Å². The second kappa shape index (κ2) is 12.4. The fraction of sp³-hybridized carbons (Fsp3) is 0.929. The zero-order valence-electron chi connectivity index (χ0n) is 12.8. The summed E-state index contributed by atoms with van der Waals surface area (Å²) in [6.07, 6.45) is 1.49. The first-order valence-corrected chi connectivity index (χ1v) is 6.96. The van der Waals surface area contributed by atoms with Gasteiger partial charge in [0.2, 0.25) is 0 Å². The van der Waals surface area contributed by atoms with E-state index in [0.717, 1.165) is 26.1 Å². The van der Waals surface area contributed by atoms with Crippen molar-refractivity contribution in [1.29, 1.82) is 0 Å². The SMILES string of the molecule is COCCN(CCOCCC(C)C)CCC(=O)OC. The lowest BCUT2D eigenvalue weighted by Crippen LogP contribution is -2.33. The van der Waals surface area contributed by atoms with E-state index in [2.05, 4.69) is 23.5 Å². The fourth-order valence-electron chi connectivity index (χ4n) is 1.52. The number of ether oxygens (including phenoxy) is 3. The Hall–Kier alpha value is -0.650. The highest BCUT2D eigenvalue weighted by molar-refractivity contribution is 5.69. The van der Waals surface area contributed by atoms with E-state index in [1.807, 2.05) is 0 Å². The number of nitrogens with zero attached hydrogens (tertiary/aromatic N) is 1. The molecule has 0 saturated heterocycles. The van der Waals surface area contributed by atoms with Crippen LogP contribution in [0.5, 0.6) is 0 Å². The van der Waals surface area contributed by atoms with E-state index in [9.17, 15) is 4.79 Å². The molecule has 0 radical (unpaired) electrons. The molecule has 114 valence electrons. The summed E-state index contributed by atoms with van der Waals surface area (Å²) in [5, 5.41) is 0. The van der Waals surface area contributed by atoms with Crippen LogP contribution >= 0.6 is 0 Å². The van der Waals surface area contributed by atoms with Crippen LogP contribution < -0.4 is 0 Å². The van der Waals surface area contributed by atoms with Gasteiger partial charge in [0.15, 0.2) is 0 Å². The molecular weight excluding hydrogens is 246 g/mol. The van der Waals surface area contributed by atoms with Crippen molar-refractivity contribution in [1.82, 2.24) is 4.90 Å². The van der Waals surface area contributed by atoms with E-state index >= 15 is 0 Å². The zero-order valence-corrected chi connectivity index (χ0v) is 12.8. The Morgan fingerprint density at radius 1 is 1.05 bits per heavy atom. The number of rotatable bonds is 12. The van der Waals surface area contributed by atoms with Crippen molar-refractivity contribution in [3.05, 3.63) is 0 Å². The first-order chi connectivity index (χ1) is 9.10. The maximum atomic E-state index is 11.1. The van der Waals surface area contributed by atoms with Crippen molar-refractivity contribution in [2.75, 3.05) is 53.7 Å². The van der Waals surface area contributed by atoms with Gasteiger partial charge >= 0.3 is 5.97 Å². The lowest BCUT2D eigenvalue weighted by Gasteiger charge is -2.21. The standard InChI is InChI=1S/C14H29NO4/c1-13(2)6-10-19-12-9-15(8-11-17-3)7-5-14(16)18-4/h13H,5-12H2,1-4H3. The van der Waals surface area contributed by atoms with Crippen LogP contribution in [-0.2, 0) is 19.0 Å². The lowest BCUT2D eigenvalue weighted by atomic mass is 10.1. The van der Waals surface area contributed by atoms with Crippen LogP contribution in [0.2, 0.25) is 0 Å². The van der Waals surface area contributed by atoms with E-state index in [1.54, 1.807) is 7.11 Å². The first kappa shape index (κ1) is 18.4. The molecule has 0 aliphatic carbocycles. The molecule has 0 amide bonds. The Kier molecular flexibility index (Phi) is 12.0. The van der Waals surface area contributed by atoms with Gasteiger partial charge in [-0.3, -0.25) is 9.69 Å². The predicted molar refractivity (Wildman–Crippen MR) is 75.2 cm³/mol. The average molecular weight is 275 g/mol. The quantitative estimate of drug-likeness (QED) is 0.399. The molecule has 5 heteroatoms. The number of hydrogen-bond donors (Lipinski definition) is 0. The van der Waals surface area contributed by atoms with Gasteiger partial charge in [-0.05, 0) is 12.3 Å². The van der Waals surface area contributed by atoms with Gasteiger partial charge in [-0.2, -0.15) is 0 Å². The molecule has 0 aliphatic rings. The molecule has 0 spiro atoms. The van der Waals surface area contributed by atoms with Crippen LogP contribution in [0.25, 0.3) is 0 Å². The molecule has 0 atom stereocenters. The van der Waals surface area contributed by atoms with E-state index in [-0.39, 0.29) is 5.97 Å². The van der Waals surface area contributed by atoms with Crippen LogP contribution in [0, 0.1) is 5.92 Å². The normalized spacial score (nSPS) is 11.3. The molecule has 0 aromatic rings. The second-order valence-electron chi connectivity index (χ2n) is 4.96. The monoisotopic (exact) mass is 275 g/mol. The third-order valence-electron chi connectivity index (χ3n) is 2.86. The van der Waals surface area contributed by atoms with Crippen LogP contribution in [0.4, 0.5) is 0 Å². The maximum absolute atomic E-state index is 11.1. The summed E-state index contributed by atoms with van der Waals surface area (Å²) in [6, 6.07) is 0. The van der Waals surface area contributed by atoms with Gasteiger partial charge in [-0.15, -0.1) is 0 Å². The Labute approximate surface area is 117 Å². The molecule has 0 unspecified atom stereocenters. The van der Waals surface area contributed by atoms with Gasteiger partial charge in [0, 0.05) is 33.4 Å². The largest absolute Gasteiger partial charge is 0.469 e. The van der Waals surface area contributed by atoms with Crippen molar-refractivity contribution in [3.63, 3.8) is 0 Å². The molecule has 0 heterocycles. The van der Waals surface area contributed by atoms with Crippen molar-refractivity contribution >= 4 is 5.97 Å². The molecule has 0 aliphatic heterocycles. The third kappa shape index (κ3) is 12.1. The van der Waals surface area contributed by atoms with Crippen LogP contribution in [-0.4, -0.2) is 64.5 Å². The summed E-state index contributed by atoms with van der Waals surface area (Å²) >= 11 is 0. The molecule has 0 aromatic heterocycles. The van der Waals surface area contributed by atoms with Gasteiger partial charge in [0.1, 0.15) is 0 Å². The highest BCUT2D eigenvalue weighted by Crippen LogP contribution is 1.99. The van der Waals surface area contributed by atoms with E-state index in [0.29, 0.717) is 32.1 Å². The van der Waals surface area contributed by atoms with Crippen molar-refractivity contribution in [3.8, 4) is 0 Å². The van der Waals surface area contributed by atoms with Crippen LogP contribution in [0.3, 0.4) is 0 Å². The topological polar surface area (TPSA) is 48.0 Å². The first-order valence-electron chi connectivity index (χ1n) is 6.96. The van der Waals surface area contributed by atoms with Crippen molar-refractivity contribution in [2.45, 2.75) is 26.7 Å². The zero-order chi connectivity index (χ0) is 14.5. The lowest BCUT2D eigenvalue weighted by molar-refractivity contribution is -0.141. The van der Waals surface area contributed by atoms with E-state index in [4.69, 9.17) is 9.47 Å². The predicted octanol–water partition coefficient (Wildman–Crippen LogP) is 1.56. The highest BCUT2D eigenvalue weighted by Gasteiger charge is 2.08. The summed E-state index contributed by atoms with van der Waals surface area (Å²) in [4.78, 5) is 13.3. The third-order valence-corrected chi connectivity index (χ3v) is 2.86. The molecule has 0 N–H and O–H groups in total. The number of esters is 1. The van der Waals surface area contributed by atoms with E-state index < -0.39 is 0 Å². The molecule has 0 fully saturated rings. The Morgan fingerprint density at radius 3 is 2.32 bits per heavy atom. The van der Waals surface area contributed by atoms with Crippen molar-refractivity contribution in [2.24, 2.45) is 5.92 Å². The number of carbonyl (C=O) groups excluding carboxylic acids is 1. The summed E-state index contributed by atoms with van der Waals surface area (Å²) in [7, 11) is 3.09. The average Bonchev–Trinajstić information content (AvgIpc) is 2.39. The Balaban J connectivity index is 3.75. The minimum atomic E-state index is -0.178. The Bertz CT molecular complexity index is 221. The maximum Gasteiger partial charge on any atom is 0.306 e. The number of carbonyl (C=O) groups is 1. The fourth-order valence-corrected chi connectivity index (χ4v) is 1.52. The second-order valence-corrected chi connectivity index (χ2v) is 4.96. The van der Waals surface area contributed by atoms with Gasteiger partial charge in [-0.25, -0.2) is 0 Å². The van der Waals surface area contributed by atoms with Gasteiger partial charge in [0.25, 0.3) is 0 Å². The summed E-state index contributed by atoms with van der Waals surface area (Å²) in [5.74, 6) is 0.493. The van der Waals surface area contributed by atoms with Gasteiger partial charge in [-0.1, -0.05) is 13.8 Å². The number of hydrogen-bond acceptors (Lipinski definition) is 5. The molecular formula is C14H29NO4. The highest BCUT2D eigenvalue weighted by atomic mass is 16.5. The summed E-state index contributed by atoms with van der Waals surface area (Å²) < 4.78 is 15.3. The number of methoxy groups -OCH3 is 2. The van der Waals surface area contributed by atoms with E-state index in [1.165, 1.54) is 7.11 Å². The molecule has 19 heavy (non-hydrogen) atoms. The van der Waals surface area contributed by atoms with Gasteiger partial charge < -0.3 is 14.2 Å². The molecule has 0 bridgehead atoms. The summed E-state index contributed by atoms with van der Waals surface area (Å²) in [5.41, 5.74) is 0.